The van der Waals surface area contributed by atoms with Gasteiger partial charge in [-0.3, -0.25) is 0 Å². The first-order chi connectivity index (χ1) is 9.62. The van der Waals surface area contributed by atoms with E-state index in [-0.39, 0.29) is 11.5 Å². The fourth-order valence-electron chi connectivity index (χ4n) is 2.02. The fourth-order valence-corrected chi connectivity index (χ4v) is 2.02. The van der Waals surface area contributed by atoms with Crippen LogP contribution in [0.25, 0.3) is 0 Å². The number of aromatic hydroxyl groups is 2. The van der Waals surface area contributed by atoms with Crippen molar-refractivity contribution in [2.24, 2.45) is 0 Å². The summed E-state index contributed by atoms with van der Waals surface area (Å²) in [5.41, 5.74) is 2.05. The smallest absolute Gasteiger partial charge is 0.157 e. The second kappa shape index (κ2) is 6.19. The summed E-state index contributed by atoms with van der Waals surface area (Å²) in [5, 5.41) is 18.8. The zero-order valence-corrected chi connectivity index (χ0v) is 11.6. The van der Waals surface area contributed by atoms with Crippen molar-refractivity contribution in [3.63, 3.8) is 0 Å². The maximum atomic E-state index is 9.47. The number of ether oxygens (including phenoxy) is 2. The summed E-state index contributed by atoms with van der Waals surface area (Å²) in [5.74, 6) is 1.32. The minimum absolute atomic E-state index is 0.0919. The molecule has 0 unspecified atom stereocenters. The fraction of sp³-hybridized carbons (Fsp3) is 0.250. The van der Waals surface area contributed by atoms with Gasteiger partial charge in [-0.25, -0.2) is 0 Å². The molecule has 0 aliphatic rings. The first-order valence-corrected chi connectivity index (χ1v) is 6.35. The van der Waals surface area contributed by atoms with E-state index in [2.05, 4.69) is 0 Å². The average Bonchev–Trinajstić information content (AvgIpc) is 2.48. The van der Waals surface area contributed by atoms with Crippen molar-refractivity contribution in [1.29, 1.82) is 0 Å². The van der Waals surface area contributed by atoms with Crippen LogP contribution in [0.15, 0.2) is 36.4 Å². The summed E-state index contributed by atoms with van der Waals surface area (Å²) >= 11 is 0. The average molecular weight is 274 g/mol. The lowest BCUT2D eigenvalue weighted by Gasteiger charge is -2.09. The molecule has 106 valence electrons. The van der Waals surface area contributed by atoms with E-state index < -0.39 is 0 Å². The summed E-state index contributed by atoms with van der Waals surface area (Å²) < 4.78 is 10.5. The molecule has 0 saturated heterocycles. The normalized spacial score (nSPS) is 10.3. The third-order valence-electron chi connectivity index (χ3n) is 3.15. The standard InChI is InChI=1S/C16H18O4/c1-19-13-7-12(8-14(10-13)20-2)4-3-11-5-6-15(17)16(18)9-11/h5-10,17-18H,3-4H2,1-2H3. The largest absolute Gasteiger partial charge is 0.504 e. The molecule has 2 aromatic carbocycles. The Labute approximate surface area is 118 Å². The van der Waals surface area contributed by atoms with Gasteiger partial charge in [-0.2, -0.15) is 0 Å². The molecule has 0 spiro atoms. The van der Waals surface area contributed by atoms with Crippen molar-refractivity contribution in [1.82, 2.24) is 0 Å². The Kier molecular flexibility index (Phi) is 4.35. The summed E-state index contributed by atoms with van der Waals surface area (Å²) in [4.78, 5) is 0. The zero-order valence-electron chi connectivity index (χ0n) is 11.6. The van der Waals surface area contributed by atoms with Crippen LogP contribution in [0.3, 0.4) is 0 Å². The predicted octanol–water partition coefficient (Wildman–Crippen LogP) is 2.90. The Balaban J connectivity index is 2.11. The van der Waals surface area contributed by atoms with Gasteiger partial charge in [0.05, 0.1) is 14.2 Å². The van der Waals surface area contributed by atoms with Crippen molar-refractivity contribution in [3.8, 4) is 23.0 Å². The Morgan fingerprint density at radius 3 is 1.90 bits per heavy atom. The van der Waals surface area contributed by atoms with Gasteiger partial charge in [0.1, 0.15) is 11.5 Å². The summed E-state index contributed by atoms with van der Waals surface area (Å²) in [6.45, 7) is 0. The molecule has 0 fully saturated rings. The van der Waals surface area contributed by atoms with E-state index in [4.69, 9.17) is 9.47 Å². The SMILES string of the molecule is COc1cc(CCc2ccc(O)c(O)c2)cc(OC)c1. The molecule has 0 aliphatic carbocycles. The zero-order chi connectivity index (χ0) is 14.5. The molecule has 2 N–H and O–H groups in total. The molecule has 0 heterocycles. The summed E-state index contributed by atoms with van der Waals surface area (Å²) in [6.07, 6.45) is 1.54. The number of methoxy groups -OCH3 is 2. The van der Waals surface area contributed by atoms with Gasteiger partial charge in [-0.15, -0.1) is 0 Å². The molecular formula is C16H18O4. The number of benzene rings is 2. The first-order valence-electron chi connectivity index (χ1n) is 6.35. The van der Waals surface area contributed by atoms with Crippen LogP contribution in [-0.4, -0.2) is 24.4 Å². The predicted molar refractivity (Wildman–Crippen MR) is 76.7 cm³/mol. The molecule has 0 amide bonds. The van der Waals surface area contributed by atoms with E-state index in [1.54, 1.807) is 26.4 Å². The monoisotopic (exact) mass is 274 g/mol. The molecule has 0 aromatic heterocycles. The van der Waals surface area contributed by atoms with Gasteiger partial charge in [-0.1, -0.05) is 6.07 Å². The van der Waals surface area contributed by atoms with Gasteiger partial charge >= 0.3 is 0 Å². The highest BCUT2D eigenvalue weighted by molar-refractivity contribution is 5.42. The van der Waals surface area contributed by atoms with Crippen molar-refractivity contribution in [2.75, 3.05) is 14.2 Å². The van der Waals surface area contributed by atoms with Crippen molar-refractivity contribution in [2.45, 2.75) is 12.8 Å². The maximum absolute atomic E-state index is 9.47. The lowest BCUT2D eigenvalue weighted by atomic mass is 10.0. The van der Waals surface area contributed by atoms with Gasteiger partial charge < -0.3 is 19.7 Å². The molecule has 0 atom stereocenters. The Hall–Kier alpha value is -2.36. The van der Waals surface area contributed by atoms with E-state index in [1.165, 1.54) is 6.07 Å². The van der Waals surface area contributed by atoms with Crippen LogP contribution in [0.2, 0.25) is 0 Å². The van der Waals surface area contributed by atoms with Gasteiger partial charge in [0.15, 0.2) is 11.5 Å². The second-order valence-corrected chi connectivity index (χ2v) is 4.54. The molecule has 2 rings (SSSR count). The van der Waals surface area contributed by atoms with E-state index in [1.807, 2.05) is 18.2 Å². The molecule has 4 nitrogen and oxygen atoms in total. The van der Waals surface area contributed by atoms with E-state index in [9.17, 15) is 10.2 Å². The number of hydrogen-bond donors (Lipinski definition) is 2. The molecule has 20 heavy (non-hydrogen) atoms. The minimum atomic E-state index is -0.100. The Bertz CT molecular complexity index is 571. The minimum Gasteiger partial charge on any atom is -0.504 e. The summed E-state index contributed by atoms with van der Waals surface area (Å²) in [7, 11) is 3.24. The Morgan fingerprint density at radius 2 is 1.35 bits per heavy atom. The van der Waals surface area contributed by atoms with E-state index in [0.717, 1.165) is 35.5 Å². The highest BCUT2D eigenvalue weighted by Crippen LogP contribution is 2.27. The molecule has 2 aromatic rings. The topological polar surface area (TPSA) is 58.9 Å². The molecule has 0 radical (unpaired) electrons. The quantitative estimate of drug-likeness (QED) is 0.823. The van der Waals surface area contributed by atoms with Crippen molar-refractivity contribution >= 4 is 0 Å². The van der Waals surface area contributed by atoms with Gasteiger partial charge in [0.25, 0.3) is 0 Å². The number of aryl methyl sites for hydroxylation is 2. The van der Waals surface area contributed by atoms with Crippen LogP contribution in [-0.2, 0) is 12.8 Å². The molecule has 0 bridgehead atoms. The van der Waals surface area contributed by atoms with Gasteiger partial charge in [0.2, 0.25) is 0 Å². The number of phenolic OH excluding ortho intramolecular Hbond substituents is 2. The van der Waals surface area contributed by atoms with Crippen LogP contribution in [0.5, 0.6) is 23.0 Å². The number of hydrogen-bond acceptors (Lipinski definition) is 4. The highest BCUT2D eigenvalue weighted by Gasteiger charge is 2.04. The van der Waals surface area contributed by atoms with Crippen molar-refractivity contribution < 1.29 is 19.7 Å². The highest BCUT2D eigenvalue weighted by atomic mass is 16.5. The van der Waals surface area contributed by atoms with Crippen molar-refractivity contribution in [3.05, 3.63) is 47.5 Å². The van der Waals surface area contributed by atoms with Crippen LogP contribution in [0.1, 0.15) is 11.1 Å². The van der Waals surface area contributed by atoms with Crippen LogP contribution in [0, 0.1) is 0 Å². The van der Waals surface area contributed by atoms with E-state index in [0.29, 0.717) is 0 Å². The molecule has 4 heteroatoms. The second-order valence-electron chi connectivity index (χ2n) is 4.54. The van der Waals surface area contributed by atoms with Gasteiger partial charge in [-0.05, 0) is 48.2 Å². The first kappa shape index (κ1) is 14.1. The van der Waals surface area contributed by atoms with Crippen LogP contribution < -0.4 is 9.47 Å². The molecule has 0 saturated carbocycles. The lowest BCUT2D eigenvalue weighted by molar-refractivity contribution is 0.393. The number of phenols is 2. The maximum Gasteiger partial charge on any atom is 0.157 e. The Morgan fingerprint density at radius 1 is 0.750 bits per heavy atom. The molecule has 0 aliphatic heterocycles. The number of rotatable bonds is 5. The van der Waals surface area contributed by atoms with Crippen LogP contribution >= 0.6 is 0 Å². The summed E-state index contributed by atoms with van der Waals surface area (Å²) in [6, 6.07) is 10.6. The third-order valence-corrected chi connectivity index (χ3v) is 3.15. The van der Waals surface area contributed by atoms with Gasteiger partial charge in [0, 0.05) is 6.07 Å². The lowest BCUT2D eigenvalue weighted by Crippen LogP contribution is -1.94. The molecular weight excluding hydrogens is 256 g/mol. The van der Waals surface area contributed by atoms with Crippen LogP contribution in [0.4, 0.5) is 0 Å². The third kappa shape index (κ3) is 3.35. The van der Waals surface area contributed by atoms with E-state index >= 15 is 0 Å².